The summed E-state index contributed by atoms with van der Waals surface area (Å²) in [6.07, 6.45) is 0.315. The maximum absolute atomic E-state index is 13.3. The Morgan fingerprint density at radius 3 is 2.39 bits per heavy atom. The second kappa shape index (κ2) is 5.96. The SMILES string of the molecule is O=C(Cc1ccccc1)NCc1ccccc1F. The lowest BCUT2D eigenvalue weighted by atomic mass is 10.1. The third-order valence-electron chi connectivity index (χ3n) is 2.64. The number of nitrogens with one attached hydrogen (secondary N) is 1. The normalized spacial score (nSPS) is 10.1. The molecule has 0 radical (unpaired) electrons. The van der Waals surface area contributed by atoms with Crippen LogP contribution < -0.4 is 5.32 Å². The Labute approximate surface area is 105 Å². The lowest BCUT2D eigenvalue weighted by Gasteiger charge is -2.06. The minimum atomic E-state index is -0.294. The van der Waals surface area contributed by atoms with Gasteiger partial charge in [0.15, 0.2) is 0 Å². The number of hydrogen-bond acceptors (Lipinski definition) is 1. The minimum Gasteiger partial charge on any atom is -0.352 e. The topological polar surface area (TPSA) is 29.1 Å². The summed E-state index contributed by atoms with van der Waals surface area (Å²) >= 11 is 0. The molecule has 0 saturated carbocycles. The Hall–Kier alpha value is -2.16. The van der Waals surface area contributed by atoms with Crippen molar-refractivity contribution in [1.29, 1.82) is 0 Å². The molecule has 0 aromatic heterocycles. The second-order valence-electron chi connectivity index (χ2n) is 4.03. The molecule has 0 atom stereocenters. The van der Waals surface area contributed by atoms with Gasteiger partial charge in [0, 0.05) is 12.1 Å². The van der Waals surface area contributed by atoms with Gasteiger partial charge in [-0.05, 0) is 11.6 Å². The van der Waals surface area contributed by atoms with Crippen molar-refractivity contribution in [2.24, 2.45) is 0 Å². The standard InChI is InChI=1S/C15H14FNO/c16-14-9-5-4-8-13(14)11-17-15(18)10-12-6-2-1-3-7-12/h1-9H,10-11H2,(H,17,18). The molecule has 0 aliphatic carbocycles. The van der Waals surface area contributed by atoms with Crippen molar-refractivity contribution >= 4 is 5.91 Å². The van der Waals surface area contributed by atoms with Gasteiger partial charge in [0.1, 0.15) is 5.82 Å². The number of halogens is 1. The fourth-order valence-electron chi connectivity index (χ4n) is 1.68. The molecule has 1 N–H and O–H groups in total. The van der Waals surface area contributed by atoms with Gasteiger partial charge in [-0.2, -0.15) is 0 Å². The number of amides is 1. The van der Waals surface area contributed by atoms with Gasteiger partial charge in [-0.15, -0.1) is 0 Å². The molecule has 0 aliphatic rings. The Morgan fingerprint density at radius 1 is 1.00 bits per heavy atom. The number of hydrogen-bond donors (Lipinski definition) is 1. The van der Waals surface area contributed by atoms with E-state index in [2.05, 4.69) is 5.32 Å². The van der Waals surface area contributed by atoms with Crippen molar-refractivity contribution in [3.8, 4) is 0 Å². The van der Waals surface area contributed by atoms with E-state index in [0.717, 1.165) is 5.56 Å². The molecule has 2 aromatic carbocycles. The first-order valence-corrected chi connectivity index (χ1v) is 5.80. The van der Waals surface area contributed by atoms with Crippen LogP contribution in [0.5, 0.6) is 0 Å². The van der Waals surface area contributed by atoms with Crippen molar-refractivity contribution in [3.63, 3.8) is 0 Å². The van der Waals surface area contributed by atoms with E-state index < -0.39 is 0 Å². The summed E-state index contributed by atoms with van der Waals surface area (Å²) in [5.74, 6) is -0.401. The minimum absolute atomic E-state index is 0.107. The average molecular weight is 243 g/mol. The average Bonchev–Trinajstić information content (AvgIpc) is 2.39. The van der Waals surface area contributed by atoms with Gasteiger partial charge in [-0.1, -0.05) is 48.5 Å². The van der Waals surface area contributed by atoms with Crippen LogP contribution in [0.15, 0.2) is 54.6 Å². The molecule has 18 heavy (non-hydrogen) atoms. The number of carbonyl (C=O) groups excluding carboxylic acids is 1. The molecular weight excluding hydrogens is 229 g/mol. The van der Waals surface area contributed by atoms with Gasteiger partial charge in [0.2, 0.25) is 5.91 Å². The molecule has 0 fully saturated rings. The first-order chi connectivity index (χ1) is 8.75. The van der Waals surface area contributed by atoms with Crippen molar-refractivity contribution in [1.82, 2.24) is 5.32 Å². The number of rotatable bonds is 4. The molecule has 0 aliphatic heterocycles. The third-order valence-corrected chi connectivity index (χ3v) is 2.64. The zero-order chi connectivity index (χ0) is 12.8. The summed E-state index contributed by atoms with van der Waals surface area (Å²) in [5, 5.41) is 2.71. The highest BCUT2D eigenvalue weighted by atomic mass is 19.1. The highest BCUT2D eigenvalue weighted by Gasteiger charge is 2.05. The zero-order valence-electron chi connectivity index (χ0n) is 9.90. The zero-order valence-corrected chi connectivity index (χ0v) is 9.90. The maximum Gasteiger partial charge on any atom is 0.224 e. The Bertz CT molecular complexity index is 525. The van der Waals surface area contributed by atoms with E-state index in [1.165, 1.54) is 6.07 Å². The summed E-state index contributed by atoms with van der Waals surface area (Å²) in [6, 6.07) is 15.9. The molecule has 92 valence electrons. The fourth-order valence-corrected chi connectivity index (χ4v) is 1.68. The molecular formula is C15H14FNO. The molecule has 3 heteroatoms. The highest BCUT2D eigenvalue weighted by Crippen LogP contribution is 2.06. The smallest absolute Gasteiger partial charge is 0.224 e. The predicted octanol–water partition coefficient (Wildman–Crippen LogP) is 2.68. The summed E-state index contributed by atoms with van der Waals surface area (Å²) < 4.78 is 13.3. The summed E-state index contributed by atoms with van der Waals surface area (Å²) in [6.45, 7) is 0.221. The quantitative estimate of drug-likeness (QED) is 0.878. The van der Waals surface area contributed by atoms with Crippen LogP contribution in [-0.4, -0.2) is 5.91 Å². The van der Waals surface area contributed by atoms with E-state index in [1.54, 1.807) is 18.2 Å². The highest BCUT2D eigenvalue weighted by molar-refractivity contribution is 5.78. The van der Waals surface area contributed by atoms with Crippen LogP contribution >= 0.6 is 0 Å². The van der Waals surface area contributed by atoms with Crippen LogP contribution in [0.25, 0.3) is 0 Å². The fraction of sp³-hybridized carbons (Fsp3) is 0.133. The van der Waals surface area contributed by atoms with E-state index in [0.29, 0.717) is 12.0 Å². The number of carbonyl (C=O) groups is 1. The van der Waals surface area contributed by atoms with Crippen LogP contribution in [0.2, 0.25) is 0 Å². The van der Waals surface area contributed by atoms with Crippen molar-refractivity contribution < 1.29 is 9.18 Å². The molecule has 0 bridgehead atoms. The van der Waals surface area contributed by atoms with Gasteiger partial charge < -0.3 is 5.32 Å². The van der Waals surface area contributed by atoms with Crippen LogP contribution in [0.1, 0.15) is 11.1 Å². The summed E-state index contributed by atoms with van der Waals surface area (Å²) in [5.41, 5.74) is 1.45. The Balaban J connectivity index is 1.88. The van der Waals surface area contributed by atoms with Gasteiger partial charge in [0.05, 0.1) is 6.42 Å². The second-order valence-corrected chi connectivity index (χ2v) is 4.03. The van der Waals surface area contributed by atoms with Crippen molar-refractivity contribution in [2.75, 3.05) is 0 Å². The first kappa shape index (κ1) is 12.3. The molecule has 0 spiro atoms. The van der Waals surface area contributed by atoms with E-state index in [1.807, 2.05) is 30.3 Å². The largest absolute Gasteiger partial charge is 0.352 e. The molecule has 0 unspecified atom stereocenters. The van der Waals surface area contributed by atoms with Crippen molar-refractivity contribution in [2.45, 2.75) is 13.0 Å². The monoisotopic (exact) mass is 243 g/mol. The third kappa shape index (κ3) is 3.42. The maximum atomic E-state index is 13.3. The van der Waals surface area contributed by atoms with E-state index >= 15 is 0 Å². The molecule has 0 heterocycles. The molecule has 0 saturated heterocycles. The summed E-state index contributed by atoms with van der Waals surface area (Å²) in [7, 11) is 0. The molecule has 1 amide bonds. The lowest BCUT2D eigenvalue weighted by Crippen LogP contribution is -2.24. The van der Waals surface area contributed by atoms with E-state index in [4.69, 9.17) is 0 Å². The molecule has 2 aromatic rings. The predicted molar refractivity (Wildman–Crippen MR) is 68.4 cm³/mol. The van der Waals surface area contributed by atoms with Crippen LogP contribution in [0.3, 0.4) is 0 Å². The van der Waals surface area contributed by atoms with E-state index in [9.17, 15) is 9.18 Å². The molecule has 2 nitrogen and oxygen atoms in total. The van der Waals surface area contributed by atoms with Gasteiger partial charge in [-0.3, -0.25) is 4.79 Å². The Kier molecular flexibility index (Phi) is 4.07. The first-order valence-electron chi connectivity index (χ1n) is 5.80. The number of benzene rings is 2. The van der Waals surface area contributed by atoms with Gasteiger partial charge in [-0.25, -0.2) is 4.39 Å². The molecule has 2 rings (SSSR count). The van der Waals surface area contributed by atoms with Crippen LogP contribution in [-0.2, 0) is 17.8 Å². The lowest BCUT2D eigenvalue weighted by molar-refractivity contribution is -0.120. The van der Waals surface area contributed by atoms with Crippen LogP contribution in [0, 0.1) is 5.82 Å². The van der Waals surface area contributed by atoms with Crippen molar-refractivity contribution in [3.05, 3.63) is 71.5 Å². The van der Waals surface area contributed by atoms with Gasteiger partial charge in [0.25, 0.3) is 0 Å². The summed E-state index contributed by atoms with van der Waals surface area (Å²) in [4.78, 5) is 11.7. The van der Waals surface area contributed by atoms with Crippen LogP contribution in [0.4, 0.5) is 4.39 Å². The Morgan fingerprint density at radius 2 is 1.67 bits per heavy atom. The van der Waals surface area contributed by atoms with Gasteiger partial charge >= 0.3 is 0 Å². The van der Waals surface area contributed by atoms with E-state index in [-0.39, 0.29) is 18.3 Å².